The molecule has 0 amide bonds. The maximum atomic E-state index is 5.90. The Labute approximate surface area is 121 Å². The Kier molecular flexibility index (Phi) is 5.19. The van der Waals surface area contributed by atoms with Gasteiger partial charge in [-0.1, -0.05) is 49.4 Å². The van der Waals surface area contributed by atoms with Crippen molar-refractivity contribution in [1.29, 1.82) is 0 Å². The molecule has 2 aromatic rings. The van der Waals surface area contributed by atoms with Gasteiger partial charge in [0.05, 0.1) is 0 Å². The number of rotatable bonds is 6. The third-order valence-electron chi connectivity index (χ3n) is 3.45. The molecule has 0 aromatic heterocycles. The van der Waals surface area contributed by atoms with Crippen LogP contribution >= 0.6 is 0 Å². The van der Waals surface area contributed by atoms with Crippen molar-refractivity contribution in [1.82, 2.24) is 5.32 Å². The second-order valence-corrected chi connectivity index (χ2v) is 5.08. The molecule has 0 radical (unpaired) electrons. The van der Waals surface area contributed by atoms with Crippen molar-refractivity contribution in [3.8, 4) is 5.75 Å². The summed E-state index contributed by atoms with van der Waals surface area (Å²) in [5, 5.41) is 3.43. The highest BCUT2D eigenvalue weighted by atomic mass is 16.5. The summed E-state index contributed by atoms with van der Waals surface area (Å²) in [7, 11) is 0. The molecule has 0 fully saturated rings. The minimum Gasteiger partial charge on any atom is -0.489 e. The highest BCUT2D eigenvalue weighted by Crippen LogP contribution is 2.23. The molecular weight excluding hydrogens is 246 g/mol. The molecule has 0 aliphatic rings. The predicted octanol–water partition coefficient (Wildman–Crippen LogP) is 4.24. The van der Waals surface area contributed by atoms with Crippen LogP contribution in [0.4, 0.5) is 0 Å². The molecule has 1 N–H and O–H groups in total. The minimum absolute atomic E-state index is 0.377. The van der Waals surface area contributed by atoms with Crippen LogP contribution in [0.15, 0.2) is 48.5 Å². The SMILES string of the molecule is CCNC(C)c1ccc(OCc2ccccc2)c(C)c1. The van der Waals surface area contributed by atoms with Crippen molar-refractivity contribution >= 4 is 0 Å². The van der Waals surface area contributed by atoms with Gasteiger partial charge in [-0.2, -0.15) is 0 Å². The summed E-state index contributed by atoms with van der Waals surface area (Å²) in [4.78, 5) is 0. The number of hydrogen-bond acceptors (Lipinski definition) is 2. The third kappa shape index (κ3) is 3.84. The van der Waals surface area contributed by atoms with E-state index < -0.39 is 0 Å². The van der Waals surface area contributed by atoms with Gasteiger partial charge in [-0.25, -0.2) is 0 Å². The lowest BCUT2D eigenvalue weighted by atomic mass is 10.1. The highest BCUT2D eigenvalue weighted by Gasteiger charge is 2.07. The quantitative estimate of drug-likeness (QED) is 0.846. The van der Waals surface area contributed by atoms with Crippen molar-refractivity contribution in [2.75, 3.05) is 6.54 Å². The second kappa shape index (κ2) is 7.11. The molecule has 2 aromatic carbocycles. The van der Waals surface area contributed by atoms with E-state index in [0.717, 1.165) is 12.3 Å². The molecule has 0 heterocycles. The minimum atomic E-state index is 0.377. The lowest BCUT2D eigenvalue weighted by Gasteiger charge is -2.15. The molecule has 0 saturated heterocycles. The molecule has 2 nitrogen and oxygen atoms in total. The standard InChI is InChI=1S/C18H23NO/c1-4-19-15(3)17-10-11-18(14(2)12-17)20-13-16-8-6-5-7-9-16/h5-12,15,19H,4,13H2,1-3H3. The second-order valence-electron chi connectivity index (χ2n) is 5.08. The zero-order chi connectivity index (χ0) is 14.4. The molecule has 0 bridgehead atoms. The first-order chi connectivity index (χ1) is 9.70. The molecule has 0 aliphatic heterocycles. The maximum absolute atomic E-state index is 5.90. The van der Waals surface area contributed by atoms with Crippen LogP contribution in [-0.4, -0.2) is 6.54 Å². The van der Waals surface area contributed by atoms with Crippen LogP contribution in [0.3, 0.4) is 0 Å². The molecule has 20 heavy (non-hydrogen) atoms. The van der Waals surface area contributed by atoms with Crippen molar-refractivity contribution in [2.24, 2.45) is 0 Å². The van der Waals surface area contributed by atoms with Gasteiger partial charge < -0.3 is 10.1 Å². The first-order valence-corrected chi connectivity index (χ1v) is 7.21. The van der Waals surface area contributed by atoms with Crippen molar-refractivity contribution in [3.05, 3.63) is 65.2 Å². The van der Waals surface area contributed by atoms with E-state index >= 15 is 0 Å². The zero-order valence-corrected chi connectivity index (χ0v) is 12.5. The fourth-order valence-corrected chi connectivity index (χ4v) is 2.26. The van der Waals surface area contributed by atoms with E-state index in [-0.39, 0.29) is 0 Å². The normalized spacial score (nSPS) is 12.2. The van der Waals surface area contributed by atoms with E-state index in [9.17, 15) is 0 Å². The Balaban J connectivity index is 2.02. The monoisotopic (exact) mass is 269 g/mol. The van der Waals surface area contributed by atoms with Gasteiger partial charge in [-0.3, -0.25) is 0 Å². The van der Waals surface area contributed by atoms with E-state index in [1.54, 1.807) is 0 Å². The number of benzene rings is 2. The van der Waals surface area contributed by atoms with E-state index in [2.05, 4.69) is 56.4 Å². The molecule has 1 atom stereocenters. The average molecular weight is 269 g/mol. The van der Waals surface area contributed by atoms with Crippen LogP contribution in [0.2, 0.25) is 0 Å². The van der Waals surface area contributed by atoms with Gasteiger partial charge >= 0.3 is 0 Å². The van der Waals surface area contributed by atoms with Crippen LogP contribution in [-0.2, 0) is 6.61 Å². The number of nitrogens with one attached hydrogen (secondary N) is 1. The molecular formula is C18H23NO. The summed E-state index contributed by atoms with van der Waals surface area (Å²) in [5.74, 6) is 0.960. The van der Waals surface area contributed by atoms with Crippen molar-refractivity contribution < 1.29 is 4.74 Å². The molecule has 0 saturated carbocycles. The van der Waals surface area contributed by atoms with Crippen molar-refractivity contribution in [2.45, 2.75) is 33.4 Å². The van der Waals surface area contributed by atoms with E-state index in [1.807, 2.05) is 18.2 Å². The lowest BCUT2D eigenvalue weighted by molar-refractivity contribution is 0.304. The first-order valence-electron chi connectivity index (χ1n) is 7.21. The van der Waals surface area contributed by atoms with Gasteiger partial charge in [0, 0.05) is 6.04 Å². The summed E-state index contributed by atoms with van der Waals surface area (Å²) in [5.41, 5.74) is 3.68. The van der Waals surface area contributed by atoms with Crippen LogP contribution in [0, 0.1) is 6.92 Å². The molecule has 0 aliphatic carbocycles. The van der Waals surface area contributed by atoms with Gasteiger partial charge in [0.2, 0.25) is 0 Å². The largest absolute Gasteiger partial charge is 0.489 e. The lowest BCUT2D eigenvalue weighted by Crippen LogP contribution is -2.17. The van der Waals surface area contributed by atoms with Gasteiger partial charge in [-0.15, -0.1) is 0 Å². The smallest absolute Gasteiger partial charge is 0.122 e. The summed E-state index contributed by atoms with van der Waals surface area (Å²) in [6.07, 6.45) is 0. The zero-order valence-electron chi connectivity index (χ0n) is 12.5. The molecule has 106 valence electrons. The Hall–Kier alpha value is -1.80. The Morgan fingerprint density at radius 1 is 1.10 bits per heavy atom. The van der Waals surface area contributed by atoms with Crippen molar-refractivity contribution in [3.63, 3.8) is 0 Å². The topological polar surface area (TPSA) is 21.3 Å². The summed E-state index contributed by atoms with van der Waals surface area (Å²) in [6.45, 7) is 8.00. The number of aryl methyl sites for hydroxylation is 1. The fourth-order valence-electron chi connectivity index (χ4n) is 2.26. The third-order valence-corrected chi connectivity index (χ3v) is 3.45. The van der Waals surface area contributed by atoms with Crippen LogP contribution < -0.4 is 10.1 Å². The maximum Gasteiger partial charge on any atom is 0.122 e. The summed E-state index contributed by atoms with van der Waals surface area (Å²) < 4.78 is 5.90. The molecule has 1 unspecified atom stereocenters. The van der Waals surface area contributed by atoms with Crippen LogP contribution in [0.1, 0.15) is 36.6 Å². The Bertz CT molecular complexity index is 536. The predicted molar refractivity (Wildman–Crippen MR) is 84.0 cm³/mol. The van der Waals surface area contributed by atoms with Gasteiger partial charge in [0.1, 0.15) is 12.4 Å². The molecule has 2 heteroatoms. The highest BCUT2D eigenvalue weighted by molar-refractivity contribution is 5.37. The average Bonchev–Trinajstić information content (AvgIpc) is 2.47. The fraction of sp³-hybridized carbons (Fsp3) is 0.333. The summed E-state index contributed by atoms with van der Waals surface area (Å²) >= 11 is 0. The van der Waals surface area contributed by atoms with Gasteiger partial charge in [0.25, 0.3) is 0 Å². The Morgan fingerprint density at radius 3 is 2.50 bits per heavy atom. The van der Waals surface area contributed by atoms with E-state index in [1.165, 1.54) is 16.7 Å². The molecule has 2 rings (SSSR count). The van der Waals surface area contributed by atoms with Gasteiger partial charge in [0.15, 0.2) is 0 Å². The number of hydrogen-bond donors (Lipinski definition) is 1. The van der Waals surface area contributed by atoms with Crippen LogP contribution in [0.25, 0.3) is 0 Å². The number of ether oxygens (including phenoxy) is 1. The Morgan fingerprint density at radius 2 is 1.85 bits per heavy atom. The van der Waals surface area contributed by atoms with E-state index in [0.29, 0.717) is 12.6 Å². The van der Waals surface area contributed by atoms with E-state index in [4.69, 9.17) is 4.74 Å². The molecule has 0 spiro atoms. The first kappa shape index (κ1) is 14.6. The summed E-state index contributed by atoms with van der Waals surface area (Å²) in [6, 6.07) is 17.0. The van der Waals surface area contributed by atoms with Crippen LogP contribution in [0.5, 0.6) is 5.75 Å². The van der Waals surface area contributed by atoms with Gasteiger partial charge in [-0.05, 0) is 43.1 Å².